The average molecular weight is 287 g/mol. The van der Waals surface area contributed by atoms with E-state index in [1.165, 1.54) is 12.3 Å². The fourth-order valence-corrected chi connectivity index (χ4v) is 1.90. The summed E-state index contributed by atoms with van der Waals surface area (Å²) < 4.78 is 37.1. The van der Waals surface area contributed by atoms with Gasteiger partial charge in [0.1, 0.15) is 10.1 Å². The van der Waals surface area contributed by atoms with Crippen LogP contribution in [0.5, 0.6) is 0 Å². The van der Waals surface area contributed by atoms with Gasteiger partial charge in [-0.05, 0) is 30.0 Å². The molecular formula is C10H8F3N5S. The first-order chi connectivity index (χ1) is 8.99. The number of hydrazine groups is 1. The van der Waals surface area contributed by atoms with Crippen molar-refractivity contribution < 1.29 is 13.2 Å². The molecule has 2 heterocycles. The molecule has 0 bridgehead atoms. The zero-order chi connectivity index (χ0) is 13.9. The van der Waals surface area contributed by atoms with Gasteiger partial charge in [0, 0.05) is 12.4 Å². The fourth-order valence-electron chi connectivity index (χ4n) is 1.18. The predicted molar refractivity (Wildman–Crippen MR) is 63.2 cm³/mol. The highest BCUT2D eigenvalue weighted by Gasteiger charge is 2.30. The van der Waals surface area contributed by atoms with Gasteiger partial charge in [-0.25, -0.2) is 20.8 Å². The Morgan fingerprint density at radius 1 is 1.11 bits per heavy atom. The first kappa shape index (κ1) is 13.6. The molecule has 0 aromatic carbocycles. The molecule has 3 N–H and O–H groups in total. The summed E-state index contributed by atoms with van der Waals surface area (Å²) in [6, 6.07) is 3.86. The second kappa shape index (κ2) is 5.41. The molecule has 0 saturated heterocycles. The number of anilines is 1. The molecule has 19 heavy (non-hydrogen) atoms. The molecule has 2 aromatic heterocycles. The van der Waals surface area contributed by atoms with Gasteiger partial charge in [0.15, 0.2) is 0 Å². The van der Waals surface area contributed by atoms with Crippen LogP contribution in [0.3, 0.4) is 0 Å². The summed E-state index contributed by atoms with van der Waals surface area (Å²) in [4.78, 5) is 11.6. The van der Waals surface area contributed by atoms with Gasteiger partial charge in [-0.1, -0.05) is 0 Å². The highest BCUT2D eigenvalue weighted by molar-refractivity contribution is 7.99. The van der Waals surface area contributed by atoms with E-state index in [0.29, 0.717) is 10.1 Å². The van der Waals surface area contributed by atoms with Crippen LogP contribution in [0.1, 0.15) is 5.56 Å². The molecule has 0 spiro atoms. The SMILES string of the molecule is NNc1nccc(Sc2ccc(C(F)(F)F)cn2)n1. The number of nitrogen functional groups attached to an aromatic ring is 1. The number of hydrogen-bond acceptors (Lipinski definition) is 6. The van der Waals surface area contributed by atoms with Gasteiger partial charge >= 0.3 is 6.18 Å². The highest BCUT2D eigenvalue weighted by Crippen LogP contribution is 2.30. The van der Waals surface area contributed by atoms with Gasteiger partial charge in [-0.3, -0.25) is 5.43 Å². The average Bonchev–Trinajstić information content (AvgIpc) is 2.38. The lowest BCUT2D eigenvalue weighted by atomic mass is 10.3. The van der Waals surface area contributed by atoms with Gasteiger partial charge in [0.25, 0.3) is 0 Å². The Hall–Kier alpha value is -1.87. The van der Waals surface area contributed by atoms with Crippen LogP contribution < -0.4 is 11.3 Å². The van der Waals surface area contributed by atoms with Gasteiger partial charge in [0.05, 0.1) is 5.56 Å². The summed E-state index contributed by atoms with van der Waals surface area (Å²) in [5.74, 6) is 5.37. The molecule has 9 heteroatoms. The normalized spacial score (nSPS) is 11.4. The minimum atomic E-state index is -4.39. The largest absolute Gasteiger partial charge is 0.417 e. The first-order valence-corrected chi connectivity index (χ1v) is 5.81. The number of hydrogen-bond donors (Lipinski definition) is 2. The molecule has 0 fully saturated rings. The van der Waals surface area contributed by atoms with Crippen molar-refractivity contribution in [2.24, 2.45) is 5.84 Å². The first-order valence-electron chi connectivity index (χ1n) is 5.00. The molecule has 0 aliphatic carbocycles. The van der Waals surface area contributed by atoms with Crippen molar-refractivity contribution in [3.63, 3.8) is 0 Å². The van der Waals surface area contributed by atoms with E-state index in [0.717, 1.165) is 24.0 Å². The molecule has 100 valence electrons. The van der Waals surface area contributed by atoms with Crippen LogP contribution in [0.25, 0.3) is 0 Å². The van der Waals surface area contributed by atoms with Crippen molar-refractivity contribution >= 4 is 17.7 Å². The van der Waals surface area contributed by atoms with E-state index in [2.05, 4.69) is 20.4 Å². The molecule has 0 unspecified atom stereocenters. The monoisotopic (exact) mass is 287 g/mol. The number of pyridine rings is 1. The van der Waals surface area contributed by atoms with Crippen molar-refractivity contribution in [2.45, 2.75) is 16.2 Å². The van der Waals surface area contributed by atoms with Crippen molar-refractivity contribution in [1.29, 1.82) is 0 Å². The van der Waals surface area contributed by atoms with E-state index in [-0.39, 0.29) is 5.95 Å². The number of alkyl halides is 3. The Kier molecular flexibility index (Phi) is 3.86. The lowest BCUT2D eigenvalue weighted by Crippen LogP contribution is -2.10. The summed E-state index contributed by atoms with van der Waals surface area (Å²) in [6.45, 7) is 0. The predicted octanol–water partition coefficient (Wildman–Crippen LogP) is 2.33. The van der Waals surface area contributed by atoms with Crippen LogP contribution in [0.2, 0.25) is 0 Å². The maximum Gasteiger partial charge on any atom is 0.417 e. The van der Waals surface area contributed by atoms with E-state index in [1.807, 2.05) is 0 Å². The third kappa shape index (κ3) is 3.55. The van der Waals surface area contributed by atoms with Crippen molar-refractivity contribution in [3.05, 3.63) is 36.2 Å². The summed E-state index contributed by atoms with van der Waals surface area (Å²) in [5, 5.41) is 0.921. The Morgan fingerprint density at radius 2 is 1.89 bits per heavy atom. The maximum absolute atomic E-state index is 12.4. The minimum Gasteiger partial charge on any atom is -0.292 e. The molecular weight excluding hydrogens is 279 g/mol. The van der Waals surface area contributed by atoms with Crippen molar-refractivity contribution in [3.8, 4) is 0 Å². The number of nitrogens with zero attached hydrogens (tertiary/aromatic N) is 3. The number of aromatic nitrogens is 3. The Balaban J connectivity index is 2.15. The second-order valence-electron chi connectivity index (χ2n) is 3.35. The van der Waals surface area contributed by atoms with Gasteiger partial charge in [-0.15, -0.1) is 0 Å². The number of halogens is 3. The standard InChI is InChI=1S/C10H8F3N5S/c11-10(12,13)6-1-2-7(16-5-6)19-8-3-4-15-9(17-8)18-14/h1-5H,14H2,(H,15,17,18). The topological polar surface area (TPSA) is 76.7 Å². The lowest BCUT2D eigenvalue weighted by molar-refractivity contribution is -0.137. The summed E-state index contributed by atoms with van der Waals surface area (Å²) >= 11 is 1.11. The van der Waals surface area contributed by atoms with Crippen LogP contribution in [0.4, 0.5) is 19.1 Å². The zero-order valence-electron chi connectivity index (χ0n) is 9.35. The van der Waals surface area contributed by atoms with Crippen molar-refractivity contribution in [1.82, 2.24) is 15.0 Å². The minimum absolute atomic E-state index is 0.219. The molecule has 0 aliphatic heterocycles. The number of nitrogens with two attached hydrogens (primary N) is 1. The van der Waals surface area contributed by atoms with E-state index in [4.69, 9.17) is 5.84 Å². The fraction of sp³-hybridized carbons (Fsp3) is 0.100. The van der Waals surface area contributed by atoms with E-state index in [1.54, 1.807) is 6.07 Å². The molecule has 2 rings (SSSR count). The summed E-state index contributed by atoms with van der Waals surface area (Å²) in [5.41, 5.74) is 1.49. The Morgan fingerprint density at radius 3 is 2.47 bits per heavy atom. The van der Waals surface area contributed by atoms with E-state index >= 15 is 0 Å². The van der Waals surface area contributed by atoms with Crippen LogP contribution in [-0.4, -0.2) is 15.0 Å². The van der Waals surface area contributed by atoms with Crippen molar-refractivity contribution in [2.75, 3.05) is 5.43 Å². The third-order valence-electron chi connectivity index (χ3n) is 2.03. The Bertz CT molecular complexity index is 558. The Labute approximate surface area is 110 Å². The third-order valence-corrected chi connectivity index (χ3v) is 2.92. The molecule has 0 aliphatic rings. The van der Waals surface area contributed by atoms with Crippen LogP contribution >= 0.6 is 11.8 Å². The van der Waals surface area contributed by atoms with Gasteiger partial charge in [0.2, 0.25) is 5.95 Å². The quantitative estimate of drug-likeness (QED) is 0.512. The van der Waals surface area contributed by atoms with Gasteiger partial charge < -0.3 is 0 Å². The zero-order valence-corrected chi connectivity index (χ0v) is 10.2. The maximum atomic E-state index is 12.4. The number of rotatable bonds is 3. The molecule has 0 atom stereocenters. The molecule has 0 saturated carbocycles. The lowest BCUT2D eigenvalue weighted by Gasteiger charge is -2.06. The molecule has 0 amide bonds. The van der Waals surface area contributed by atoms with E-state index < -0.39 is 11.7 Å². The highest BCUT2D eigenvalue weighted by atomic mass is 32.2. The number of nitrogens with one attached hydrogen (secondary N) is 1. The molecule has 5 nitrogen and oxygen atoms in total. The van der Waals surface area contributed by atoms with Crippen LogP contribution in [0.15, 0.2) is 40.6 Å². The van der Waals surface area contributed by atoms with Crippen LogP contribution in [0, 0.1) is 0 Å². The smallest absolute Gasteiger partial charge is 0.292 e. The van der Waals surface area contributed by atoms with Crippen LogP contribution in [-0.2, 0) is 6.18 Å². The second-order valence-corrected chi connectivity index (χ2v) is 4.39. The summed E-state index contributed by atoms with van der Waals surface area (Å²) in [6.07, 6.45) is -2.12. The van der Waals surface area contributed by atoms with E-state index in [9.17, 15) is 13.2 Å². The van der Waals surface area contributed by atoms with Gasteiger partial charge in [-0.2, -0.15) is 13.2 Å². The summed E-state index contributed by atoms with van der Waals surface area (Å²) in [7, 11) is 0. The molecule has 0 radical (unpaired) electrons. The molecule has 2 aromatic rings.